The van der Waals surface area contributed by atoms with Crippen molar-refractivity contribution in [1.82, 2.24) is 19.8 Å². The number of amides is 2. The zero-order valence-electron chi connectivity index (χ0n) is 12.7. The molecule has 1 heterocycles. The number of aliphatic carboxylic acids is 1. The highest BCUT2D eigenvalue weighted by molar-refractivity contribution is 5.81. The van der Waals surface area contributed by atoms with Crippen LogP contribution in [0.4, 0.5) is 0 Å². The number of aryl methyl sites for hydroxylation is 1. The lowest BCUT2D eigenvalue weighted by atomic mass is 10.3. The normalized spacial score (nSPS) is 11.6. The molecule has 1 unspecified atom stereocenters. The van der Waals surface area contributed by atoms with E-state index in [0.29, 0.717) is 6.41 Å². The molecule has 1 aromatic heterocycles. The highest BCUT2D eigenvalue weighted by Gasteiger charge is 2.20. The fourth-order valence-corrected chi connectivity index (χ4v) is 1.90. The Bertz CT molecular complexity index is 707. The lowest BCUT2D eigenvalue weighted by Gasteiger charge is -2.24. The Kier molecular flexibility index (Phi) is 6.24. The van der Waals surface area contributed by atoms with Crippen LogP contribution < -0.4 is 16.6 Å². The van der Waals surface area contributed by atoms with Crippen LogP contribution >= 0.6 is 0 Å². The van der Waals surface area contributed by atoms with Crippen LogP contribution in [0.5, 0.6) is 0 Å². The van der Waals surface area contributed by atoms with Gasteiger partial charge in [-0.25, -0.2) is 4.79 Å². The molecule has 0 aliphatic carbocycles. The molecule has 126 valence electrons. The SMILES string of the molecule is Cc1cn(CC(=O)N(CC(=O)O)CC(C)NC=O)c(=O)[nH]c1=O. The highest BCUT2D eigenvalue weighted by Crippen LogP contribution is 1.97. The summed E-state index contributed by atoms with van der Waals surface area (Å²) in [5, 5.41) is 11.3. The molecule has 10 nitrogen and oxygen atoms in total. The second-order valence-electron chi connectivity index (χ2n) is 5.05. The van der Waals surface area contributed by atoms with Crippen LogP contribution in [0.1, 0.15) is 12.5 Å². The number of nitrogens with one attached hydrogen (secondary N) is 2. The van der Waals surface area contributed by atoms with Crippen molar-refractivity contribution in [2.75, 3.05) is 13.1 Å². The number of carbonyl (C=O) groups is 3. The van der Waals surface area contributed by atoms with E-state index in [1.807, 2.05) is 0 Å². The fraction of sp³-hybridized carbons (Fsp3) is 0.462. The number of nitrogens with zero attached hydrogens (tertiary/aromatic N) is 2. The first-order valence-electron chi connectivity index (χ1n) is 6.74. The van der Waals surface area contributed by atoms with Crippen molar-refractivity contribution in [2.45, 2.75) is 26.4 Å². The number of aromatic nitrogens is 2. The van der Waals surface area contributed by atoms with Gasteiger partial charge in [0, 0.05) is 24.3 Å². The first-order valence-corrected chi connectivity index (χ1v) is 6.74. The molecular weight excluding hydrogens is 308 g/mol. The van der Waals surface area contributed by atoms with Crippen LogP contribution in [0.15, 0.2) is 15.8 Å². The van der Waals surface area contributed by atoms with Gasteiger partial charge in [-0.15, -0.1) is 0 Å². The van der Waals surface area contributed by atoms with Gasteiger partial charge in [0.1, 0.15) is 13.1 Å². The summed E-state index contributed by atoms with van der Waals surface area (Å²) in [5.74, 6) is -1.85. The predicted octanol–water partition coefficient (Wildman–Crippen LogP) is -2.11. The minimum Gasteiger partial charge on any atom is -0.480 e. The van der Waals surface area contributed by atoms with Gasteiger partial charge in [0.15, 0.2) is 0 Å². The quantitative estimate of drug-likeness (QED) is 0.467. The number of rotatable bonds is 8. The second kappa shape index (κ2) is 7.92. The number of aromatic amines is 1. The molecule has 0 radical (unpaired) electrons. The van der Waals surface area contributed by atoms with E-state index in [0.717, 1.165) is 9.47 Å². The van der Waals surface area contributed by atoms with Gasteiger partial charge in [0.2, 0.25) is 12.3 Å². The molecule has 0 fully saturated rings. The molecule has 0 aliphatic heterocycles. The summed E-state index contributed by atoms with van der Waals surface area (Å²) in [5.41, 5.74) is -1.06. The van der Waals surface area contributed by atoms with E-state index in [1.54, 1.807) is 6.92 Å². The number of hydrogen-bond acceptors (Lipinski definition) is 5. The van der Waals surface area contributed by atoms with Crippen LogP contribution in [-0.2, 0) is 20.9 Å². The first kappa shape index (κ1) is 18.1. The van der Waals surface area contributed by atoms with E-state index in [9.17, 15) is 24.0 Å². The Labute approximate surface area is 130 Å². The van der Waals surface area contributed by atoms with Crippen molar-refractivity contribution in [2.24, 2.45) is 0 Å². The third-order valence-corrected chi connectivity index (χ3v) is 3.02. The smallest absolute Gasteiger partial charge is 0.328 e. The summed E-state index contributed by atoms with van der Waals surface area (Å²) in [6, 6.07) is -0.454. The van der Waals surface area contributed by atoms with Gasteiger partial charge in [-0.1, -0.05) is 0 Å². The van der Waals surface area contributed by atoms with E-state index < -0.39 is 42.3 Å². The number of carboxylic acids is 1. The van der Waals surface area contributed by atoms with Crippen LogP contribution in [-0.4, -0.2) is 57.0 Å². The lowest BCUT2D eigenvalue weighted by molar-refractivity contribution is -0.145. The summed E-state index contributed by atoms with van der Waals surface area (Å²) >= 11 is 0. The molecule has 0 bridgehead atoms. The average molecular weight is 326 g/mol. The third kappa shape index (κ3) is 5.41. The van der Waals surface area contributed by atoms with Gasteiger partial charge in [-0.05, 0) is 13.8 Å². The van der Waals surface area contributed by atoms with Gasteiger partial charge in [-0.2, -0.15) is 0 Å². The van der Waals surface area contributed by atoms with Crippen molar-refractivity contribution >= 4 is 18.3 Å². The molecule has 0 aliphatic rings. The summed E-state index contributed by atoms with van der Waals surface area (Å²) in [7, 11) is 0. The lowest BCUT2D eigenvalue weighted by Crippen LogP contribution is -2.46. The second-order valence-corrected chi connectivity index (χ2v) is 5.05. The first-order chi connectivity index (χ1) is 10.7. The molecule has 10 heteroatoms. The molecular formula is C13H18N4O6. The minimum absolute atomic E-state index is 0.0268. The number of H-pyrrole nitrogens is 1. The molecule has 1 atom stereocenters. The molecule has 0 saturated carbocycles. The topological polar surface area (TPSA) is 142 Å². The molecule has 2 amide bonds. The van der Waals surface area contributed by atoms with Gasteiger partial charge in [-0.3, -0.25) is 28.7 Å². The largest absolute Gasteiger partial charge is 0.480 e. The van der Waals surface area contributed by atoms with Crippen molar-refractivity contribution in [3.8, 4) is 0 Å². The Balaban J connectivity index is 2.94. The Morgan fingerprint density at radius 2 is 2.13 bits per heavy atom. The maximum absolute atomic E-state index is 12.2. The average Bonchev–Trinajstić information content (AvgIpc) is 2.43. The number of hydrogen-bond donors (Lipinski definition) is 3. The fourth-order valence-electron chi connectivity index (χ4n) is 1.90. The zero-order valence-corrected chi connectivity index (χ0v) is 12.7. The van der Waals surface area contributed by atoms with Crippen LogP contribution in [0.25, 0.3) is 0 Å². The Morgan fingerprint density at radius 1 is 1.48 bits per heavy atom. The highest BCUT2D eigenvalue weighted by atomic mass is 16.4. The molecule has 1 rings (SSSR count). The molecule has 23 heavy (non-hydrogen) atoms. The summed E-state index contributed by atoms with van der Waals surface area (Å²) in [6.07, 6.45) is 1.68. The van der Waals surface area contributed by atoms with Crippen LogP contribution in [0, 0.1) is 6.92 Å². The summed E-state index contributed by atoms with van der Waals surface area (Å²) < 4.78 is 0.992. The van der Waals surface area contributed by atoms with Gasteiger partial charge in [0.05, 0.1) is 0 Å². The van der Waals surface area contributed by atoms with E-state index in [-0.39, 0.29) is 12.1 Å². The van der Waals surface area contributed by atoms with E-state index in [4.69, 9.17) is 5.11 Å². The van der Waals surface area contributed by atoms with Crippen molar-refractivity contribution in [1.29, 1.82) is 0 Å². The predicted molar refractivity (Wildman–Crippen MR) is 78.9 cm³/mol. The van der Waals surface area contributed by atoms with Crippen LogP contribution in [0.3, 0.4) is 0 Å². The standard InChI is InChI=1S/C13H18N4O6/c1-8-3-17(13(23)15-12(8)22)5-10(19)16(6-11(20)21)4-9(2)14-7-18/h3,7,9H,4-6H2,1-2H3,(H,14,18)(H,20,21)(H,15,22,23). The van der Waals surface area contributed by atoms with Gasteiger partial charge < -0.3 is 15.3 Å². The van der Waals surface area contributed by atoms with Gasteiger partial charge in [0.25, 0.3) is 5.56 Å². The molecule has 3 N–H and O–H groups in total. The van der Waals surface area contributed by atoms with Crippen molar-refractivity contribution in [3.05, 3.63) is 32.6 Å². The third-order valence-electron chi connectivity index (χ3n) is 3.02. The molecule has 0 spiro atoms. The van der Waals surface area contributed by atoms with Crippen molar-refractivity contribution in [3.63, 3.8) is 0 Å². The zero-order chi connectivity index (χ0) is 17.6. The minimum atomic E-state index is -1.22. The van der Waals surface area contributed by atoms with Crippen LogP contribution in [0.2, 0.25) is 0 Å². The Hall–Kier alpha value is -2.91. The van der Waals surface area contributed by atoms with E-state index in [1.165, 1.54) is 13.1 Å². The maximum Gasteiger partial charge on any atom is 0.328 e. The summed E-state index contributed by atoms with van der Waals surface area (Å²) in [6.45, 7) is 2.07. The molecule has 1 aromatic rings. The number of carboxylic acid groups (broad SMARTS) is 1. The Morgan fingerprint density at radius 3 is 2.70 bits per heavy atom. The summed E-state index contributed by atoms with van der Waals surface area (Å²) in [4.78, 5) is 59.5. The molecule has 0 aromatic carbocycles. The van der Waals surface area contributed by atoms with Gasteiger partial charge >= 0.3 is 11.7 Å². The number of carbonyl (C=O) groups excluding carboxylic acids is 2. The monoisotopic (exact) mass is 326 g/mol. The molecule has 0 saturated heterocycles. The van der Waals surface area contributed by atoms with E-state index >= 15 is 0 Å². The maximum atomic E-state index is 12.2. The van der Waals surface area contributed by atoms with Crippen molar-refractivity contribution < 1.29 is 19.5 Å². The van der Waals surface area contributed by atoms with E-state index in [2.05, 4.69) is 10.3 Å².